The minimum absolute atomic E-state index is 0.320. The number of aromatic nitrogens is 1. The van der Waals surface area contributed by atoms with Crippen LogP contribution in [0, 0.1) is 0 Å². The first-order chi connectivity index (χ1) is 11.7. The molecule has 0 spiro atoms. The number of hydrogen-bond acceptors (Lipinski definition) is 3. The van der Waals surface area contributed by atoms with Gasteiger partial charge in [0.1, 0.15) is 5.75 Å². The van der Waals surface area contributed by atoms with Crippen LogP contribution < -0.4 is 11.1 Å². The van der Waals surface area contributed by atoms with Gasteiger partial charge >= 0.3 is 0 Å². The van der Waals surface area contributed by atoms with E-state index in [9.17, 15) is 5.11 Å². The number of nitrogens with one attached hydrogen (secondary N) is 1. The Bertz CT molecular complexity index is 713. The highest BCUT2D eigenvalue weighted by atomic mass is 16.3. The molecule has 0 saturated carbocycles. The first-order valence-electron chi connectivity index (χ1n) is 8.50. The lowest BCUT2D eigenvalue weighted by atomic mass is 9.88. The number of nitrogens with zero attached hydrogens (tertiary/aromatic N) is 2. The molecule has 1 aliphatic rings. The molecule has 4 N–H and O–H groups in total. The van der Waals surface area contributed by atoms with Crippen LogP contribution >= 0.6 is 0 Å². The lowest BCUT2D eigenvalue weighted by Crippen LogP contribution is -2.33. The maximum absolute atomic E-state index is 10.2. The van der Waals surface area contributed by atoms with Crippen LogP contribution in [0.25, 0.3) is 0 Å². The fraction of sp³-hybridized carbons (Fsp3) is 0.368. The molecule has 3 rings (SSSR count). The molecule has 0 saturated heterocycles. The van der Waals surface area contributed by atoms with E-state index < -0.39 is 0 Å². The topological polar surface area (TPSA) is 83.5 Å². The second-order valence-electron chi connectivity index (χ2n) is 6.11. The number of guanidine groups is 1. The monoisotopic (exact) mass is 324 g/mol. The molecule has 0 bridgehead atoms. The summed E-state index contributed by atoms with van der Waals surface area (Å²) in [5, 5.41) is 13.3. The average molecular weight is 324 g/mol. The van der Waals surface area contributed by atoms with Crippen molar-refractivity contribution in [3.63, 3.8) is 0 Å². The predicted octanol–water partition coefficient (Wildman–Crippen LogP) is 2.31. The van der Waals surface area contributed by atoms with Gasteiger partial charge in [-0.05, 0) is 55.0 Å². The molecule has 5 nitrogen and oxygen atoms in total. The highest BCUT2D eigenvalue weighted by Gasteiger charge is 2.16. The molecule has 0 unspecified atom stereocenters. The molecule has 126 valence electrons. The zero-order valence-corrected chi connectivity index (χ0v) is 13.8. The minimum Gasteiger partial charge on any atom is -0.508 e. The Labute approximate surface area is 142 Å². The highest BCUT2D eigenvalue weighted by molar-refractivity contribution is 5.77. The largest absolute Gasteiger partial charge is 0.508 e. The SMILES string of the molecule is NC(=NCc1c(O)ccc2c1CCCC2)NCCc1ccccn1. The summed E-state index contributed by atoms with van der Waals surface area (Å²) in [5.41, 5.74) is 10.5. The standard InChI is InChI=1S/C19H24N4O/c20-19(22-12-10-15-6-3-4-11-21-15)23-13-17-16-7-2-1-5-14(16)8-9-18(17)24/h3-4,6,8-9,11,24H,1-2,5,7,10,12-13H2,(H3,20,22,23). The second-order valence-corrected chi connectivity index (χ2v) is 6.11. The number of phenolic OH excluding ortho intramolecular Hbond substituents is 1. The summed E-state index contributed by atoms with van der Waals surface area (Å²) >= 11 is 0. The van der Waals surface area contributed by atoms with E-state index in [-0.39, 0.29) is 0 Å². The number of aliphatic imine (C=N–C) groups is 1. The maximum atomic E-state index is 10.2. The van der Waals surface area contributed by atoms with Crippen molar-refractivity contribution in [1.29, 1.82) is 0 Å². The molecule has 1 aliphatic carbocycles. The number of nitrogens with two attached hydrogens (primary N) is 1. The van der Waals surface area contributed by atoms with Gasteiger partial charge in [0.25, 0.3) is 0 Å². The van der Waals surface area contributed by atoms with Crippen molar-refractivity contribution in [2.24, 2.45) is 10.7 Å². The molecule has 1 heterocycles. The molecule has 5 heteroatoms. The molecule has 1 aromatic heterocycles. The summed E-state index contributed by atoms with van der Waals surface area (Å²) < 4.78 is 0. The van der Waals surface area contributed by atoms with Crippen molar-refractivity contribution >= 4 is 5.96 Å². The number of aromatic hydroxyl groups is 1. The quantitative estimate of drug-likeness (QED) is 0.582. The van der Waals surface area contributed by atoms with E-state index in [2.05, 4.69) is 15.3 Å². The fourth-order valence-corrected chi connectivity index (χ4v) is 3.15. The second kappa shape index (κ2) is 7.81. The Morgan fingerprint density at radius 1 is 1.21 bits per heavy atom. The zero-order valence-electron chi connectivity index (χ0n) is 13.8. The van der Waals surface area contributed by atoms with E-state index in [0.29, 0.717) is 24.8 Å². The van der Waals surface area contributed by atoms with Crippen LogP contribution in [0.3, 0.4) is 0 Å². The molecule has 0 fully saturated rings. The van der Waals surface area contributed by atoms with Crippen LogP contribution in [0.15, 0.2) is 41.5 Å². The molecule has 0 aliphatic heterocycles. The van der Waals surface area contributed by atoms with Gasteiger partial charge in [-0.3, -0.25) is 4.98 Å². The average Bonchev–Trinajstić information content (AvgIpc) is 2.62. The fourth-order valence-electron chi connectivity index (χ4n) is 3.15. The van der Waals surface area contributed by atoms with Crippen molar-refractivity contribution in [2.45, 2.75) is 38.6 Å². The molecule has 0 atom stereocenters. The van der Waals surface area contributed by atoms with Gasteiger partial charge in [0.2, 0.25) is 0 Å². The van der Waals surface area contributed by atoms with Crippen LogP contribution in [0.5, 0.6) is 5.75 Å². The highest BCUT2D eigenvalue weighted by Crippen LogP contribution is 2.30. The van der Waals surface area contributed by atoms with E-state index in [1.165, 1.54) is 24.0 Å². The molecule has 0 amide bonds. The number of benzene rings is 1. The first kappa shape index (κ1) is 16.3. The van der Waals surface area contributed by atoms with Crippen molar-refractivity contribution in [1.82, 2.24) is 10.3 Å². The molecule has 24 heavy (non-hydrogen) atoms. The van der Waals surface area contributed by atoms with Crippen LogP contribution in [-0.4, -0.2) is 22.6 Å². The maximum Gasteiger partial charge on any atom is 0.188 e. The van der Waals surface area contributed by atoms with Crippen LogP contribution in [0.2, 0.25) is 0 Å². The number of aryl methyl sites for hydroxylation is 1. The third kappa shape index (κ3) is 4.04. The summed E-state index contributed by atoms with van der Waals surface area (Å²) in [6.45, 7) is 1.10. The summed E-state index contributed by atoms with van der Waals surface area (Å²) in [5.74, 6) is 0.722. The van der Waals surface area contributed by atoms with Gasteiger partial charge < -0.3 is 16.2 Å². The van der Waals surface area contributed by atoms with Crippen LogP contribution in [0.1, 0.15) is 35.2 Å². The Hall–Kier alpha value is -2.56. The number of rotatable bonds is 5. The summed E-state index contributed by atoms with van der Waals surface area (Å²) in [6, 6.07) is 9.68. The minimum atomic E-state index is 0.320. The Morgan fingerprint density at radius 2 is 2.08 bits per heavy atom. The van der Waals surface area contributed by atoms with Gasteiger partial charge in [0.15, 0.2) is 5.96 Å². The zero-order chi connectivity index (χ0) is 16.8. The lowest BCUT2D eigenvalue weighted by molar-refractivity contribution is 0.465. The van der Waals surface area contributed by atoms with E-state index >= 15 is 0 Å². The van der Waals surface area contributed by atoms with E-state index in [0.717, 1.165) is 30.5 Å². The normalized spacial score (nSPS) is 14.2. The lowest BCUT2D eigenvalue weighted by Gasteiger charge is -2.19. The van der Waals surface area contributed by atoms with Gasteiger partial charge in [0.05, 0.1) is 6.54 Å². The predicted molar refractivity (Wildman–Crippen MR) is 96.0 cm³/mol. The van der Waals surface area contributed by atoms with Crippen molar-refractivity contribution in [3.8, 4) is 5.75 Å². The van der Waals surface area contributed by atoms with Gasteiger partial charge in [-0.15, -0.1) is 0 Å². The Kier molecular flexibility index (Phi) is 5.31. The van der Waals surface area contributed by atoms with Gasteiger partial charge in [-0.2, -0.15) is 0 Å². The summed E-state index contributed by atoms with van der Waals surface area (Å²) in [4.78, 5) is 8.67. The van der Waals surface area contributed by atoms with Crippen molar-refractivity contribution in [3.05, 3.63) is 58.9 Å². The Balaban J connectivity index is 1.59. The Morgan fingerprint density at radius 3 is 2.92 bits per heavy atom. The molecular formula is C19H24N4O. The molecule has 0 radical (unpaired) electrons. The van der Waals surface area contributed by atoms with Gasteiger partial charge in [0, 0.05) is 30.4 Å². The smallest absolute Gasteiger partial charge is 0.188 e. The summed E-state index contributed by atoms with van der Waals surface area (Å²) in [6.07, 6.45) is 7.07. The first-order valence-corrected chi connectivity index (χ1v) is 8.50. The molecular weight excluding hydrogens is 300 g/mol. The number of phenols is 1. The third-order valence-electron chi connectivity index (χ3n) is 4.45. The van der Waals surface area contributed by atoms with E-state index in [4.69, 9.17) is 5.73 Å². The molecule has 1 aromatic carbocycles. The number of hydrogen-bond donors (Lipinski definition) is 3. The summed E-state index contributed by atoms with van der Waals surface area (Å²) in [7, 11) is 0. The van der Waals surface area contributed by atoms with Crippen LogP contribution in [0.4, 0.5) is 0 Å². The van der Waals surface area contributed by atoms with Gasteiger partial charge in [-0.1, -0.05) is 12.1 Å². The number of pyridine rings is 1. The van der Waals surface area contributed by atoms with E-state index in [1.54, 1.807) is 12.3 Å². The number of fused-ring (bicyclic) bond motifs is 1. The van der Waals surface area contributed by atoms with Gasteiger partial charge in [-0.25, -0.2) is 4.99 Å². The van der Waals surface area contributed by atoms with Crippen LogP contribution in [-0.2, 0) is 25.8 Å². The third-order valence-corrected chi connectivity index (χ3v) is 4.45. The van der Waals surface area contributed by atoms with Crippen molar-refractivity contribution in [2.75, 3.05) is 6.54 Å². The van der Waals surface area contributed by atoms with E-state index in [1.807, 2.05) is 24.3 Å². The molecule has 2 aromatic rings. The van der Waals surface area contributed by atoms with Crippen molar-refractivity contribution < 1.29 is 5.11 Å².